The van der Waals surface area contributed by atoms with Crippen molar-refractivity contribution in [2.75, 3.05) is 19.7 Å². The average Bonchev–Trinajstić information content (AvgIpc) is 2.61. The predicted molar refractivity (Wildman–Crippen MR) is 95.3 cm³/mol. The summed E-state index contributed by atoms with van der Waals surface area (Å²) in [4.78, 5) is 16.1. The molecule has 0 spiro atoms. The van der Waals surface area contributed by atoms with Crippen molar-refractivity contribution in [3.05, 3.63) is 41.6 Å². The number of carbonyl (C=O) groups is 1. The summed E-state index contributed by atoms with van der Waals surface area (Å²) in [7, 11) is -4.06. The second-order valence-electron chi connectivity index (χ2n) is 6.48. The van der Waals surface area contributed by atoms with Gasteiger partial charge in [0.05, 0.1) is 10.5 Å². The molecule has 2 rings (SSSR count). The van der Waals surface area contributed by atoms with Crippen LogP contribution in [0.4, 0.5) is 13.2 Å². The Balaban J connectivity index is 1.97. The zero-order chi connectivity index (χ0) is 20.9. The zero-order valence-corrected chi connectivity index (χ0v) is 16.2. The maximum atomic E-state index is 12.8. The van der Waals surface area contributed by atoms with Crippen LogP contribution in [0.15, 0.2) is 40.9 Å². The van der Waals surface area contributed by atoms with Gasteiger partial charge in [-0.2, -0.15) is 17.5 Å². The monoisotopic (exact) mass is 421 g/mol. The number of alkyl halides is 3. The summed E-state index contributed by atoms with van der Waals surface area (Å²) in [6, 6.07) is 3.64. The lowest BCUT2D eigenvalue weighted by Gasteiger charge is -2.26. The summed E-state index contributed by atoms with van der Waals surface area (Å²) in [5.41, 5.74) is 2.17. The maximum absolute atomic E-state index is 12.8. The number of rotatable bonds is 7. The van der Waals surface area contributed by atoms with Crippen molar-refractivity contribution in [3.8, 4) is 0 Å². The first-order valence-corrected chi connectivity index (χ1v) is 9.98. The van der Waals surface area contributed by atoms with Gasteiger partial charge in [0.1, 0.15) is 0 Å². The highest BCUT2D eigenvalue weighted by Crippen LogP contribution is 2.31. The van der Waals surface area contributed by atoms with Gasteiger partial charge in [-0.05, 0) is 38.1 Å². The molecule has 0 saturated heterocycles. The Kier molecular flexibility index (Phi) is 7.07. The molecule has 1 aromatic rings. The number of benzene rings is 1. The third kappa shape index (κ3) is 5.94. The van der Waals surface area contributed by atoms with E-state index in [9.17, 15) is 26.4 Å². The van der Waals surface area contributed by atoms with E-state index in [4.69, 9.17) is 4.84 Å². The lowest BCUT2D eigenvalue weighted by Crippen LogP contribution is -2.38. The van der Waals surface area contributed by atoms with E-state index in [0.717, 1.165) is 22.5 Å². The van der Waals surface area contributed by atoms with Crippen molar-refractivity contribution in [2.45, 2.75) is 37.4 Å². The topological polar surface area (TPSA) is 87.7 Å². The molecule has 0 fully saturated rings. The number of hydroxylamine groups is 1. The number of nitrogens with one attached hydrogen (secondary N) is 2. The lowest BCUT2D eigenvalue weighted by molar-refractivity contribution is -0.137. The van der Waals surface area contributed by atoms with Gasteiger partial charge in [0.25, 0.3) is 0 Å². The molecule has 0 atom stereocenters. The van der Waals surface area contributed by atoms with Crippen molar-refractivity contribution >= 4 is 15.9 Å². The molecule has 1 heterocycles. The SMILES string of the molecule is CC(C)NC(=O)CONC1=CCN(S(=O)(=O)c2cccc(C(F)(F)F)c2)CC1. The molecule has 1 amide bonds. The van der Waals surface area contributed by atoms with Gasteiger partial charge in [0.15, 0.2) is 6.61 Å². The van der Waals surface area contributed by atoms with E-state index < -0.39 is 26.7 Å². The normalized spacial score (nSPS) is 16.0. The molecule has 1 aromatic carbocycles. The van der Waals surface area contributed by atoms with Gasteiger partial charge in [0, 0.05) is 31.2 Å². The summed E-state index contributed by atoms with van der Waals surface area (Å²) >= 11 is 0. The van der Waals surface area contributed by atoms with E-state index in [1.165, 1.54) is 0 Å². The Bertz CT molecular complexity index is 838. The minimum absolute atomic E-state index is 0.0143. The van der Waals surface area contributed by atoms with Gasteiger partial charge in [0.2, 0.25) is 15.9 Å². The highest BCUT2D eigenvalue weighted by Gasteiger charge is 2.33. The van der Waals surface area contributed by atoms with Crippen molar-refractivity contribution in [1.82, 2.24) is 15.1 Å². The molecular formula is C17H22F3N3O4S. The van der Waals surface area contributed by atoms with Crippen molar-refractivity contribution < 1.29 is 31.2 Å². The molecule has 0 aromatic heterocycles. The lowest BCUT2D eigenvalue weighted by atomic mass is 10.2. The maximum Gasteiger partial charge on any atom is 0.416 e. The van der Waals surface area contributed by atoms with E-state index in [0.29, 0.717) is 11.8 Å². The number of hydrogen-bond donors (Lipinski definition) is 2. The van der Waals surface area contributed by atoms with Crippen LogP contribution < -0.4 is 10.8 Å². The molecule has 0 bridgehead atoms. The van der Waals surface area contributed by atoms with E-state index >= 15 is 0 Å². The number of amides is 1. The smallest absolute Gasteiger partial charge is 0.352 e. The standard InChI is InChI=1S/C17H22F3N3O4S/c1-12(2)21-16(24)11-27-22-14-6-8-23(9-7-14)28(25,26)15-5-3-4-13(10-15)17(18,19)20/h3-6,10,12,22H,7-9,11H2,1-2H3,(H,21,24). The summed E-state index contributed by atoms with van der Waals surface area (Å²) in [5.74, 6) is -0.298. The molecule has 0 saturated carbocycles. The van der Waals surface area contributed by atoms with E-state index in [-0.39, 0.29) is 38.1 Å². The van der Waals surface area contributed by atoms with Crippen molar-refractivity contribution in [2.24, 2.45) is 0 Å². The molecule has 28 heavy (non-hydrogen) atoms. The molecule has 1 aliphatic rings. The first kappa shape index (κ1) is 22.2. The fraction of sp³-hybridized carbons (Fsp3) is 0.471. The van der Waals surface area contributed by atoms with Crippen LogP contribution >= 0.6 is 0 Å². The number of halogens is 3. The third-order valence-electron chi connectivity index (χ3n) is 3.83. The van der Waals surface area contributed by atoms with Crippen LogP contribution in [-0.4, -0.2) is 44.4 Å². The van der Waals surface area contributed by atoms with Crippen LogP contribution in [0.1, 0.15) is 25.8 Å². The summed E-state index contributed by atoms with van der Waals surface area (Å²) < 4.78 is 64.8. The van der Waals surface area contributed by atoms with Crippen LogP contribution in [0.2, 0.25) is 0 Å². The van der Waals surface area contributed by atoms with Gasteiger partial charge in [-0.25, -0.2) is 8.42 Å². The highest BCUT2D eigenvalue weighted by atomic mass is 32.2. The van der Waals surface area contributed by atoms with E-state index in [2.05, 4.69) is 10.8 Å². The summed E-state index contributed by atoms with van der Waals surface area (Å²) in [5, 5.41) is 2.65. The fourth-order valence-electron chi connectivity index (χ4n) is 2.50. The van der Waals surface area contributed by atoms with E-state index in [1.54, 1.807) is 6.08 Å². The molecule has 11 heteroatoms. The largest absolute Gasteiger partial charge is 0.416 e. The Morgan fingerprint density at radius 2 is 2.04 bits per heavy atom. The second kappa shape index (κ2) is 8.93. The number of nitrogens with zero attached hydrogens (tertiary/aromatic N) is 1. The molecule has 156 valence electrons. The summed E-state index contributed by atoms with van der Waals surface area (Å²) in [6.07, 6.45) is -2.80. The molecule has 2 N–H and O–H groups in total. The minimum Gasteiger partial charge on any atom is -0.352 e. The predicted octanol–water partition coefficient (Wildman–Crippen LogP) is 2.03. The molecule has 7 nitrogen and oxygen atoms in total. The van der Waals surface area contributed by atoms with Crippen LogP contribution in [0.3, 0.4) is 0 Å². The number of carbonyl (C=O) groups excluding carboxylic acids is 1. The van der Waals surface area contributed by atoms with E-state index in [1.807, 2.05) is 13.8 Å². The Hall–Kier alpha value is -2.11. The first-order chi connectivity index (χ1) is 13.0. The third-order valence-corrected chi connectivity index (χ3v) is 5.69. The molecular weight excluding hydrogens is 399 g/mol. The van der Waals surface area contributed by atoms with Crippen LogP contribution in [0.5, 0.6) is 0 Å². The van der Waals surface area contributed by atoms with Gasteiger partial charge in [-0.1, -0.05) is 6.07 Å². The second-order valence-corrected chi connectivity index (χ2v) is 8.42. The van der Waals surface area contributed by atoms with Crippen LogP contribution in [-0.2, 0) is 25.8 Å². The van der Waals surface area contributed by atoms with Gasteiger partial charge in [-0.15, -0.1) is 0 Å². The number of sulfonamides is 1. The Labute approximate surface area is 161 Å². The van der Waals surface area contributed by atoms with Gasteiger partial charge < -0.3 is 5.32 Å². The highest BCUT2D eigenvalue weighted by molar-refractivity contribution is 7.89. The molecule has 0 unspecified atom stereocenters. The average molecular weight is 421 g/mol. The minimum atomic E-state index is -4.62. The molecule has 0 aliphatic carbocycles. The molecule has 1 aliphatic heterocycles. The Morgan fingerprint density at radius 3 is 2.61 bits per heavy atom. The van der Waals surface area contributed by atoms with Crippen molar-refractivity contribution in [1.29, 1.82) is 0 Å². The zero-order valence-electron chi connectivity index (χ0n) is 15.4. The molecule has 0 radical (unpaired) electrons. The quantitative estimate of drug-likeness (QED) is 0.658. The fourth-order valence-corrected chi connectivity index (χ4v) is 3.93. The van der Waals surface area contributed by atoms with Crippen molar-refractivity contribution in [3.63, 3.8) is 0 Å². The number of hydrogen-bond acceptors (Lipinski definition) is 5. The van der Waals surface area contributed by atoms with Gasteiger partial charge >= 0.3 is 6.18 Å². The first-order valence-electron chi connectivity index (χ1n) is 8.54. The van der Waals surface area contributed by atoms with Crippen LogP contribution in [0.25, 0.3) is 0 Å². The van der Waals surface area contributed by atoms with Crippen LogP contribution in [0, 0.1) is 0 Å². The summed E-state index contributed by atoms with van der Waals surface area (Å²) in [6.45, 7) is 3.46. The Morgan fingerprint density at radius 1 is 1.32 bits per heavy atom. The van der Waals surface area contributed by atoms with Gasteiger partial charge in [-0.3, -0.25) is 15.1 Å².